The van der Waals surface area contributed by atoms with Crippen LogP contribution in [0.25, 0.3) is 0 Å². The molecule has 0 aliphatic carbocycles. The van der Waals surface area contributed by atoms with Crippen molar-refractivity contribution in [3.05, 3.63) is 20.8 Å². The molecule has 0 aliphatic heterocycles. The summed E-state index contributed by atoms with van der Waals surface area (Å²) in [4.78, 5) is 3.91. The molecule has 2 nitrogen and oxygen atoms in total. The Hall–Kier alpha value is 0.1000. The molecule has 0 fully saturated rings. The minimum atomic E-state index is 0.629. The second-order valence-corrected chi connectivity index (χ2v) is 7.55. The fraction of sp³-hybridized carbons (Fsp3) is 0.733. The van der Waals surface area contributed by atoms with Gasteiger partial charge < -0.3 is 5.32 Å². The first-order valence-corrected chi connectivity index (χ1v) is 8.84. The summed E-state index contributed by atoms with van der Waals surface area (Å²) >= 11 is 5.36. The van der Waals surface area contributed by atoms with E-state index in [0.29, 0.717) is 6.04 Å². The van der Waals surface area contributed by atoms with Crippen molar-refractivity contribution in [1.82, 2.24) is 10.2 Å². The molecule has 110 valence electrons. The van der Waals surface area contributed by atoms with Crippen LogP contribution in [-0.4, -0.2) is 31.1 Å². The number of nitrogens with one attached hydrogen (secondary N) is 1. The van der Waals surface area contributed by atoms with E-state index in [1.54, 1.807) is 0 Å². The molecule has 1 heterocycles. The van der Waals surface area contributed by atoms with Gasteiger partial charge in [0.2, 0.25) is 0 Å². The fourth-order valence-corrected chi connectivity index (χ4v) is 3.68. The standard InChI is InChI=1S/C15H27BrN2S/c1-5-6-14(9-17-8-12(2)3)18(4)10-15-7-13(16)11-19-15/h7,11-12,14,17H,5-6,8-10H2,1-4H3. The molecule has 0 aromatic carbocycles. The van der Waals surface area contributed by atoms with Crippen LogP contribution in [0, 0.1) is 5.92 Å². The van der Waals surface area contributed by atoms with E-state index in [-0.39, 0.29) is 0 Å². The second-order valence-electron chi connectivity index (χ2n) is 5.64. The Morgan fingerprint density at radius 3 is 2.63 bits per heavy atom. The van der Waals surface area contributed by atoms with Crippen LogP contribution in [0.1, 0.15) is 38.5 Å². The maximum atomic E-state index is 3.59. The first-order chi connectivity index (χ1) is 9.02. The van der Waals surface area contributed by atoms with Gasteiger partial charge in [0.25, 0.3) is 0 Å². The van der Waals surface area contributed by atoms with Crippen LogP contribution >= 0.6 is 27.3 Å². The van der Waals surface area contributed by atoms with Crippen molar-refractivity contribution < 1.29 is 0 Å². The molecule has 1 N–H and O–H groups in total. The summed E-state index contributed by atoms with van der Waals surface area (Å²) in [7, 11) is 2.24. The predicted molar refractivity (Wildman–Crippen MR) is 89.9 cm³/mol. The van der Waals surface area contributed by atoms with Crippen LogP contribution in [0.3, 0.4) is 0 Å². The molecule has 1 rings (SSSR count). The summed E-state index contributed by atoms with van der Waals surface area (Å²) in [5.41, 5.74) is 0. The van der Waals surface area contributed by atoms with Crippen molar-refractivity contribution in [2.75, 3.05) is 20.1 Å². The maximum Gasteiger partial charge on any atom is 0.0328 e. The van der Waals surface area contributed by atoms with Crippen molar-refractivity contribution in [2.24, 2.45) is 5.92 Å². The van der Waals surface area contributed by atoms with Gasteiger partial charge in [-0.1, -0.05) is 27.2 Å². The van der Waals surface area contributed by atoms with E-state index < -0.39 is 0 Å². The Bertz CT molecular complexity index is 352. The summed E-state index contributed by atoms with van der Waals surface area (Å²) in [6.07, 6.45) is 2.50. The molecule has 1 aromatic heterocycles. The lowest BCUT2D eigenvalue weighted by atomic mass is 10.1. The topological polar surface area (TPSA) is 15.3 Å². The summed E-state index contributed by atoms with van der Waals surface area (Å²) in [5.74, 6) is 0.723. The van der Waals surface area contributed by atoms with Gasteiger partial charge in [0.05, 0.1) is 0 Å². The van der Waals surface area contributed by atoms with Crippen LogP contribution < -0.4 is 5.32 Å². The molecule has 4 heteroatoms. The number of likely N-dealkylation sites (N-methyl/N-ethyl adjacent to an activating group) is 1. The lowest BCUT2D eigenvalue weighted by molar-refractivity contribution is 0.215. The van der Waals surface area contributed by atoms with Gasteiger partial charge in [-0.05, 0) is 47.9 Å². The summed E-state index contributed by atoms with van der Waals surface area (Å²) in [6, 6.07) is 2.86. The first kappa shape index (κ1) is 17.2. The van der Waals surface area contributed by atoms with E-state index in [0.717, 1.165) is 25.6 Å². The number of hydrogen-bond donors (Lipinski definition) is 1. The second kappa shape index (κ2) is 9.11. The highest BCUT2D eigenvalue weighted by molar-refractivity contribution is 9.10. The SMILES string of the molecule is CCCC(CNCC(C)C)N(C)Cc1cc(Br)cs1. The number of halogens is 1. The Morgan fingerprint density at radius 2 is 2.11 bits per heavy atom. The molecular weight excluding hydrogens is 320 g/mol. The van der Waals surface area contributed by atoms with Gasteiger partial charge in [0.1, 0.15) is 0 Å². The van der Waals surface area contributed by atoms with Gasteiger partial charge in [0, 0.05) is 33.9 Å². The van der Waals surface area contributed by atoms with Crippen LogP contribution in [0.2, 0.25) is 0 Å². The molecule has 0 saturated carbocycles. The zero-order chi connectivity index (χ0) is 14.3. The van der Waals surface area contributed by atoms with E-state index in [9.17, 15) is 0 Å². The maximum absolute atomic E-state index is 3.59. The van der Waals surface area contributed by atoms with Crippen LogP contribution in [-0.2, 0) is 6.54 Å². The Labute approximate surface area is 130 Å². The van der Waals surface area contributed by atoms with Crippen molar-refractivity contribution >= 4 is 27.3 Å². The molecule has 0 aliphatic rings. The first-order valence-electron chi connectivity index (χ1n) is 7.16. The van der Waals surface area contributed by atoms with Gasteiger partial charge in [0.15, 0.2) is 0 Å². The van der Waals surface area contributed by atoms with E-state index in [2.05, 4.69) is 65.4 Å². The normalized spacial score (nSPS) is 13.4. The Morgan fingerprint density at radius 1 is 1.37 bits per heavy atom. The smallest absolute Gasteiger partial charge is 0.0328 e. The van der Waals surface area contributed by atoms with E-state index >= 15 is 0 Å². The molecule has 1 atom stereocenters. The van der Waals surface area contributed by atoms with Gasteiger partial charge in [-0.25, -0.2) is 0 Å². The van der Waals surface area contributed by atoms with Crippen molar-refractivity contribution in [3.63, 3.8) is 0 Å². The predicted octanol–water partition coefficient (Wildman–Crippen LogP) is 4.36. The van der Waals surface area contributed by atoms with Crippen LogP contribution in [0.4, 0.5) is 0 Å². The Balaban J connectivity index is 2.44. The highest BCUT2D eigenvalue weighted by Gasteiger charge is 2.14. The number of nitrogens with zero attached hydrogens (tertiary/aromatic N) is 1. The largest absolute Gasteiger partial charge is 0.315 e. The van der Waals surface area contributed by atoms with Gasteiger partial charge in [-0.2, -0.15) is 0 Å². The average molecular weight is 347 g/mol. The van der Waals surface area contributed by atoms with Crippen LogP contribution in [0.5, 0.6) is 0 Å². The number of thiophene rings is 1. The number of rotatable bonds is 9. The molecular formula is C15H27BrN2S. The monoisotopic (exact) mass is 346 g/mol. The minimum Gasteiger partial charge on any atom is -0.315 e. The summed E-state index contributed by atoms with van der Waals surface area (Å²) < 4.78 is 1.20. The third-order valence-electron chi connectivity index (χ3n) is 3.20. The van der Waals surface area contributed by atoms with Crippen molar-refractivity contribution in [3.8, 4) is 0 Å². The van der Waals surface area contributed by atoms with E-state index in [4.69, 9.17) is 0 Å². The number of hydrogen-bond acceptors (Lipinski definition) is 3. The summed E-state index contributed by atoms with van der Waals surface area (Å²) in [5, 5.41) is 5.76. The fourth-order valence-electron chi connectivity index (χ4n) is 2.16. The molecule has 0 bridgehead atoms. The zero-order valence-electron chi connectivity index (χ0n) is 12.6. The molecule has 1 unspecified atom stereocenters. The third kappa shape index (κ3) is 6.89. The van der Waals surface area contributed by atoms with Crippen molar-refractivity contribution in [2.45, 2.75) is 46.2 Å². The summed E-state index contributed by atoms with van der Waals surface area (Å²) in [6.45, 7) is 10.0. The van der Waals surface area contributed by atoms with Crippen molar-refractivity contribution in [1.29, 1.82) is 0 Å². The van der Waals surface area contributed by atoms with Gasteiger partial charge >= 0.3 is 0 Å². The van der Waals surface area contributed by atoms with Gasteiger partial charge in [-0.15, -0.1) is 11.3 Å². The van der Waals surface area contributed by atoms with Crippen LogP contribution in [0.15, 0.2) is 15.9 Å². The molecule has 0 amide bonds. The average Bonchev–Trinajstić information content (AvgIpc) is 2.73. The minimum absolute atomic E-state index is 0.629. The lowest BCUT2D eigenvalue weighted by Crippen LogP contribution is -2.40. The molecule has 0 saturated heterocycles. The highest BCUT2D eigenvalue weighted by atomic mass is 79.9. The zero-order valence-corrected chi connectivity index (χ0v) is 15.0. The third-order valence-corrected chi connectivity index (χ3v) is 4.89. The van der Waals surface area contributed by atoms with E-state index in [1.165, 1.54) is 22.2 Å². The lowest BCUT2D eigenvalue weighted by Gasteiger charge is -2.28. The molecule has 0 spiro atoms. The van der Waals surface area contributed by atoms with Gasteiger partial charge in [-0.3, -0.25) is 4.90 Å². The quantitative estimate of drug-likeness (QED) is 0.714. The molecule has 19 heavy (non-hydrogen) atoms. The van der Waals surface area contributed by atoms with E-state index in [1.807, 2.05) is 11.3 Å². The molecule has 1 aromatic rings. The Kier molecular flexibility index (Phi) is 8.23. The molecule has 0 radical (unpaired) electrons. The highest BCUT2D eigenvalue weighted by Crippen LogP contribution is 2.21.